The topological polar surface area (TPSA) is 86.5 Å². The van der Waals surface area contributed by atoms with Crippen LogP contribution in [0.1, 0.15) is 37.6 Å². The number of nitrogens with one attached hydrogen (secondary N) is 1. The Kier molecular flexibility index (Phi) is 7.17. The number of anilines is 1. The summed E-state index contributed by atoms with van der Waals surface area (Å²) >= 11 is 0. The number of hydrogen-bond donors (Lipinski definition) is 1. The molecule has 0 spiro atoms. The minimum Gasteiger partial charge on any atom is -0.493 e. The first kappa shape index (κ1) is 22.2. The highest BCUT2D eigenvalue weighted by molar-refractivity contribution is 5.91. The number of halogens is 2. The molecule has 0 radical (unpaired) electrons. The maximum atomic E-state index is 12.5. The first-order chi connectivity index (χ1) is 14.9. The molecular formula is C22H23F2N3O4. The van der Waals surface area contributed by atoms with Gasteiger partial charge in [0.2, 0.25) is 17.6 Å². The summed E-state index contributed by atoms with van der Waals surface area (Å²) in [4.78, 5) is 16.6. The van der Waals surface area contributed by atoms with Gasteiger partial charge < -0.3 is 19.3 Å². The summed E-state index contributed by atoms with van der Waals surface area (Å²) in [6.45, 7) is 1.23. The van der Waals surface area contributed by atoms with E-state index in [9.17, 15) is 13.6 Å². The second-order valence-electron chi connectivity index (χ2n) is 7.08. The minimum absolute atomic E-state index is 0.0744. The van der Waals surface area contributed by atoms with Crippen LogP contribution in [0.4, 0.5) is 14.5 Å². The van der Waals surface area contributed by atoms with Crippen LogP contribution in [0.5, 0.6) is 11.5 Å². The van der Waals surface area contributed by atoms with Crippen LogP contribution in [-0.4, -0.2) is 29.8 Å². The average Bonchev–Trinajstić information content (AvgIpc) is 3.21. The molecule has 3 aromatic rings. The molecule has 3 rings (SSSR count). The summed E-state index contributed by atoms with van der Waals surface area (Å²) in [7, 11) is 1.34. The first-order valence-corrected chi connectivity index (χ1v) is 9.71. The summed E-state index contributed by atoms with van der Waals surface area (Å²) in [6.07, 6.45) is 0.310. The van der Waals surface area contributed by atoms with Crippen molar-refractivity contribution in [3.8, 4) is 22.9 Å². The van der Waals surface area contributed by atoms with Gasteiger partial charge in [0.05, 0.1) is 7.11 Å². The molecule has 0 unspecified atom stereocenters. The van der Waals surface area contributed by atoms with Crippen molar-refractivity contribution >= 4 is 11.6 Å². The number of aromatic nitrogens is 2. The fourth-order valence-electron chi connectivity index (χ4n) is 2.88. The second kappa shape index (κ2) is 10.0. The Hall–Kier alpha value is -3.49. The van der Waals surface area contributed by atoms with Gasteiger partial charge in [-0.2, -0.15) is 13.8 Å². The third-order valence-electron chi connectivity index (χ3n) is 4.53. The fourth-order valence-corrected chi connectivity index (χ4v) is 2.88. The maximum absolute atomic E-state index is 12.5. The molecule has 0 saturated carbocycles. The lowest BCUT2D eigenvalue weighted by atomic mass is 10.0. The molecule has 2 aromatic carbocycles. The third-order valence-corrected chi connectivity index (χ3v) is 4.53. The molecule has 7 nitrogen and oxygen atoms in total. The van der Waals surface area contributed by atoms with E-state index in [-0.39, 0.29) is 30.2 Å². The van der Waals surface area contributed by atoms with Crippen LogP contribution in [0, 0.1) is 0 Å². The summed E-state index contributed by atoms with van der Waals surface area (Å²) in [5.41, 5.74) is 2.34. The molecule has 1 N–H and O–H groups in total. The molecule has 0 bridgehead atoms. The number of amides is 1. The van der Waals surface area contributed by atoms with Gasteiger partial charge in [0, 0.05) is 30.2 Å². The van der Waals surface area contributed by atoms with Gasteiger partial charge in [-0.15, -0.1) is 0 Å². The van der Waals surface area contributed by atoms with E-state index in [1.807, 2.05) is 24.3 Å². The van der Waals surface area contributed by atoms with E-state index in [1.54, 1.807) is 0 Å². The van der Waals surface area contributed by atoms with Crippen molar-refractivity contribution in [2.24, 2.45) is 0 Å². The zero-order valence-corrected chi connectivity index (χ0v) is 17.4. The van der Waals surface area contributed by atoms with Crippen molar-refractivity contribution in [1.82, 2.24) is 10.1 Å². The number of aryl methyl sites for hydroxylation is 1. The van der Waals surface area contributed by atoms with Gasteiger partial charge in [-0.3, -0.25) is 4.79 Å². The van der Waals surface area contributed by atoms with Crippen molar-refractivity contribution in [3.63, 3.8) is 0 Å². The minimum atomic E-state index is -3.01. The van der Waals surface area contributed by atoms with E-state index in [2.05, 4.69) is 34.0 Å². The number of carbonyl (C=O) groups excluding carboxylic acids is 1. The van der Waals surface area contributed by atoms with E-state index in [4.69, 9.17) is 9.26 Å². The van der Waals surface area contributed by atoms with E-state index in [1.165, 1.54) is 30.9 Å². The van der Waals surface area contributed by atoms with Gasteiger partial charge in [-0.05, 0) is 23.6 Å². The van der Waals surface area contributed by atoms with Gasteiger partial charge in [0.1, 0.15) is 0 Å². The lowest BCUT2D eigenvalue weighted by Gasteiger charge is -2.12. The smallest absolute Gasteiger partial charge is 0.387 e. The van der Waals surface area contributed by atoms with Crippen molar-refractivity contribution in [3.05, 3.63) is 53.9 Å². The Labute approximate surface area is 178 Å². The molecule has 0 aliphatic heterocycles. The van der Waals surface area contributed by atoms with Crippen LogP contribution in [0.3, 0.4) is 0 Å². The zero-order valence-electron chi connectivity index (χ0n) is 17.4. The van der Waals surface area contributed by atoms with Crippen LogP contribution < -0.4 is 14.8 Å². The monoisotopic (exact) mass is 431 g/mol. The average molecular weight is 431 g/mol. The van der Waals surface area contributed by atoms with Crippen molar-refractivity contribution < 1.29 is 27.6 Å². The van der Waals surface area contributed by atoms with Crippen LogP contribution in [0.15, 0.2) is 47.0 Å². The van der Waals surface area contributed by atoms with Gasteiger partial charge in [-0.25, -0.2) is 0 Å². The zero-order chi connectivity index (χ0) is 22.4. The number of carbonyl (C=O) groups is 1. The molecule has 9 heteroatoms. The second-order valence-corrected chi connectivity index (χ2v) is 7.08. The highest BCUT2D eigenvalue weighted by atomic mass is 19.3. The number of benzene rings is 2. The first-order valence-electron chi connectivity index (χ1n) is 9.71. The Bertz CT molecular complexity index is 1020. The quantitative estimate of drug-likeness (QED) is 0.511. The summed E-state index contributed by atoms with van der Waals surface area (Å²) in [5, 5.41) is 6.59. The van der Waals surface area contributed by atoms with Gasteiger partial charge in [0.25, 0.3) is 0 Å². The van der Waals surface area contributed by atoms with Crippen LogP contribution in [0.2, 0.25) is 0 Å². The van der Waals surface area contributed by atoms with Gasteiger partial charge >= 0.3 is 6.61 Å². The molecule has 164 valence electrons. The van der Waals surface area contributed by atoms with Crippen LogP contribution >= 0.6 is 0 Å². The predicted octanol–water partition coefficient (Wildman–Crippen LogP) is 5.04. The molecule has 0 atom stereocenters. The molecule has 1 aromatic heterocycles. The molecule has 31 heavy (non-hydrogen) atoms. The molecular weight excluding hydrogens is 408 g/mol. The molecule has 0 aliphatic carbocycles. The summed E-state index contributed by atoms with van der Waals surface area (Å²) < 4.78 is 39.7. The van der Waals surface area contributed by atoms with Crippen molar-refractivity contribution in [1.29, 1.82) is 0 Å². The molecule has 0 aliphatic rings. The Morgan fingerprint density at radius 3 is 2.52 bits per heavy atom. The lowest BCUT2D eigenvalue weighted by molar-refractivity contribution is -0.116. The van der Waals surface area contributed by atoms with Crippen molar-refractivity contribution in [2.45, 2.75) is 39.2 Å². The Morgan fingerprint density at radius 1 is 1.13 bits per heavy atom. The number of ether oxygens (including phenoxy) is 2. The molecule has 1 heterocycles. The highest BCUT2D eigenvalue weighted by Gasteiger charge is 2.14. The summed E-state index contributed by atoms with van der Waals surface area (Å²) in [5.74, 6) is 0.842. The Morgan fingerprint density at radius 2 is 1.87 bits per heavy atom. The number of hydrogen-bond acceptors (Lipinski definition) is 6. The maximum Gasteiger partial charge on any atom is 0.387 e. The van der Waals surface area contributed by atoms with E-state index in [0.717, 1.165) is 5.56 Å². The normalized spacial score (nSPS) is 11.1. The lowest BCUT2D eigenvalue weighted by Crippen LogP contribution is -2.13. The van der Waals surface area contributed by atoms with Crippen LogP contribution in [0.25, 0.3) is 11.4 Å². The Balaban J connectivity index is 1.58. The summed E-state index contributed by atoms with van der Waals surface area (Å²) in [6, 6.07) is 12.1. The van der Waals surface area contributed by atoms with E-state index in [0.29, 0.717) is 23.3 Å². The van der Waals surface area contributed by atoms with Gasteiger partial charge in [-0.1, -0.05) is 43.3 Å². The van der Waals surface area contributed by atoms with Crippen molar-refractivity contribution in [2.75, 3.05) is 12.4 Å². The standard InChI is InChI=1S/C22H23F2N3O4/c1-13(2)14-4-6-15(7-5-14)21-26-20(31-27-21)11-10-19(28)25-16-8-9-17(29-3)18(12-16)30-22(23)24/h4-9,12-13,22H,10-11H2,1-3H3,(H,25,28). The number of nitrogens with zero attached hydrogens (tertiary/aromatic N) is 2. The third kappa shape index (κ3) is 6.00. The highest BCUT2D eigenvalue weighted by Crippen LogP contribution is 2.31. The van der Waals surface area contributed by atoms with E-state index >= 15 is 0 Å². The SMILES string of the molecule is COc1ccc(NC(=O)CCc2nc(-c3ccc(C(C)C)cc3)no2)cc1OC(F)F. The fraction of sp³-hybridized carbons (Fsp3) is 0.318. The van der Waals surface area contributed by atoms with E-state index < -0.39 is 6.61 Å². The number of alkyl halides is 2. The van der Waals surface area contributed by atoms with Gasteiger partial charge in [0.15, 0.2) is 11.5 Å². The number of rotatable bonds is 9. The van der Waals surface area contributed by atoms with Crippen LogP contribution in [-0.2, 0) is 11.2 Å². The predicted molar refractivity (Wildman–Crippen MR) is 110 cm³/mol. The molecule has 1 amide bonds. The molecule has 0 fully saturated rings. The largest absolute Gasteiger partial charge is 0.493 e. The molecule has 0 saturated heterocycles. The number of methoxy groups -OCH3 is 1.